The molecular weight excluding hydrogens is 356 g/mol. The fraction of sp³-hybridized carbons (Fsp3) is 0.333. The molecule has 2 aromatic carbocycles. The topological polar surface area (TPSA) is 0 Å². The number of halogens is 1. The van der Waals surface area contributed by atoms with Gasteiger partial charge in [0, 0.05) is 15.7 Å². The summed E-state index contributed by atoms with van der Waals surface area (Å²) in [5.41, 5.74) is 4.10. The summed E-state index contributed by atoms with van der Waals surface area (Å²) >= 11 is 8.23. The highest BCUT2D eigenvalue weighted by Crippen LogP contribution is 2.24. The molecule has 0 atom stereocenters. The average molecular weight is 385 g/mol. The molecule has 0 bridgehead atoms. The SMILES string of the molecule is C/C=C(Cl)\C(=C/CCSc1cccc(CCc2ccccc2)c1)CCC. The summed E-state index contributed by atoms with van der Waals surface area (Å²) in [6, 6.07) is 19.7. The van der Waals surface area contributed by atoms with Crippen molar-refractivity contribution in [1.82, 2.24) is 0 Å². The lowest BCUT2D eigenvalue weighted by Crippen LogP contribution is -1.91. The van der Waals surface area contributed by atoms with Gasteiger partial charge >= 0.3 is 0 Å². The van der Waals surface area contributed by atoms with Gasteiger partial charge in [0.1, 0.15) is 0 Å². The molecule has 0 aromatic heterocycles. The molecule has 0 aliphatic carbocycles. The van der Waals surface area contributed by atoms with Gasteiger partial charge in [-0.3, -0.25) is 0 Å². The molecule has 0 saturated carbocycles. The van der Waals surface area contributed by atoms with Gasteiger partial charge in [0.15, 0.2) is 0 Å². The third-order valence-corrected chi connectivity index (χ3v) is 5.79. The number of hydrogen-bond donors (Lipinski definition) is 0. The second kappa shape index (κ2) is 12.0. The monoisotopic (exact) mass is 384 g/mol. The summed E-state index contributed by atoms with van der Waals surface area (Å²) in [4.78, 5) is 1.36. The van der Waals surface area contributed by atoms with Crippen molar-refractivity contribution in [1.29, 1.82) is 0 Å². The van der Waals surface area contributed by atoms with Crippen LogP contribution in [0, 0.1) is 0 Å². The predicted octanol–water partition coefficient (Wildman–Crippen LogP) is 7.82. The van der Waals surface area contributed by atoms with E-state index < -0.39 is 0 Å². The van der Waals surface area contributed by atoms with E-state index in [1.807, 2.05) is 24.8 Å². The Morgan fingerprint density at radius 3 is 2.46 bits per heavy atom. The van der Waals surface area contributed by atoms with Gasteiger partial charge in [-0.05, 0) is 61.4 Å². The van der Waals surface area contributed by atoms with Crippen molar-refractivity contribution < 1.29 is 0 Å². The summed E-state index contributed by atoms with van der Waals surface area (Å²) in [6.45, 7) is 4.20. The van der Waals surface area contributed by atoms with E-state index in [-0.39, 0.29) is 0 Å². The van der Waals surface area contributed by atoms with Crippen molar-refractivity contribution in [3.8, 4) is 0 Å². The maximum absolute atomic E-state index is 6.30. The standard InChI is InChI=1S/C24H29ClS/c1-3-10-22(24(25)4-2)14-9-18-26-23-15-8-13-21(19-23)17-16-20-11-6-5-7-12-20/h4-8,11-15,19H,3,9-10,16-18H2,1-2H3/b22-14-,24-4+. The van der Waals surface area contributed by atoms with E-state index in [1.54, 1.807) is 0 Å². The van der Waals surface area contributed by atoms with Crippen LogP contribution in [-0.4, -0.2) is 5.75 Å². The maximum Gasteiger partial charge on any atom is 0.0392 e. The lowest BCUT2D eigenvalue weighted by Gasteiger charge is -2.07. The van der Waals surface area contributed by atoms with E-state index in [0.29, 0.717) is 0 Å². The van der Waals surface area contributed by atoms with E-state index in [4.69, 9.17) is 11.6 Å². The number of allylic oxidation sites excluding steroid dienone is 4. The molecule has 0 spiro atoms. The normalized spacial score (nSPS) is 12.4. The largest absolute Gasteiger partial charge is 0.126 e. The summed E-state index contributed by atoms with van der Waals surface area (Å²) < 4.78 is 0. The number of benzene rings is 2. The van der Waals surface area contributed by atoms with E-state index in [2.05, 4.69) is 67.6 Å². The highest BCUT2D eigenvalue weighted by atomic mass is 35.5. The quantitative estimate of drug-likeness (QED) is 0.228. The predicted molar refractivity (Wildman–Crippen MR) is 118 cm³/mol. The van der Waals surface area contributed by atoms with Crippen LogP contribution in [0.25, 0.3) is 0 Å². The first kappa shape index (κ1) is 20.9. The Morgan fingerprint density at radius 2 is 1.73 bits per heavy atom. The summed E-state index contributed by atoms with van der Waals surface area (Å²) in [5, 5.41) is 0.903. The van der Waals surface area contributed by atoms with Crippen molar-refractivity contribution in [3.05, 3.63) is 88.5 Å². The molecule has 0 heterocycles. The van der Waals surface area contributed by atoms with E-state index in [1.165, 1.54) is 21.6 Å². The Kier molecular flexibility index (Phi) is 9.66. The highest BCUT2D eigenvalue weighted by Gasteiger charge is 2.01. The zero-order valence-corrected chi connectivity index (χ0v) is 17.5. The zero-order chi connectivity index (χ0) is 18.6. The number of thioether (sulfide) groups is 1. The van der Waals surface area contributed by atoms with Gasteiger partial charge in [-0.15, -0.1) is 11.8 Å². The van der Waals surface area contributed by atoms with Gasteiger partial charge in [0.2, 0.25) is 0 Å². The number of rotatable bonds is 10. The molecule has 26 heavy (non-hydrogen) atoms. The van der Waals surface area contributed by atoms with Gasteiger partial charge < -0.3 is 0 Å². The van der Waals surface area contributed by atoms with E-state index in [0.717, 1.165) is 42.9 Å². The Balaban J connectivity index is 1.84. The van der Waals surface area contributed by atoms with E-state index >= 15 is 0 Å². The zero-order valence-electron chi connectivity index (χ0n) is 15.9. The van der Waals surface area contributed by atoms with Gasteiger partial charge in [-0.1, -0.05) is 79.6 Å². The van der Waals surface area contributed by atoms with Crippen LogP contribution in [0.1, 0.15) is 44.2 Å². The van der Waals surface area contributed by atoms with Crippen LogP contribution in [-0.2, 0) is 12.8 Å². The molecule has 0 radical (unpaired) electrons. The summed E-state index contributed by atoms with van der Waals surface area (Å²) in [7, 11) is 0. The third kappa shape index (κ3) is 7.43. The van der Waals surface area contributed by atoms with Gasteiger partial charge in [0.05, 0.1) is 0 Å². The van der Waals surface area contributed by atoms with Crippen LogP contribution < -0.4 is 0 Å². The van der Waals surface area contributed by atoms with E-state index in [9.17, 15) is 0 Å². The molecule has 0 aliphatic heterocycles. The molecule has 2 heteroatoms. The van der Waals surface area contributed by atoms with Gasteiger partial charge in [-0.25, -0.2) is 0 Å². The minimum Gasteiger partial charge on any atom is -0.126 e. The maximum atomic E-state index is 6.30. The molecule has 0 fully saturated rings. The Labute approximate surface area is 168 Å². The molecule has 0 N–H and O–H groups in total. The van der Waals surface area contributed by atoms with Crippen LogP contribution in [0.3, 0.4) is 0 Å². The Hall–Kier alpha value is -1.44. The second-order valence-electron chi connectivity index (χ2n) is 6.39. The van der Waals surface area contributed by atoms with Crippen LogP contribution in [0.2, 0.25) is 0 Å². The van der Waals surface area contributed by atoms with Crippen LogP contribution in [0.5, 0.6) is 0 Å². The molecular formula is C24H29ClS. The fourth-order valence-corrected chi connectivity index (χ4v) is 3.96. The summed E-state index contributed by atoms with van der Waals surface area (Å²) in [5.74, 6) is 1.09. The fourth-order valence-electron chi connectivity index (χ4n) is 2.91. The van der Waals surface area contributed by atoms with Crippen molar-refractivity contribution in [2.45, 2.75) is 50.8 Å². The Bertz CT molecular complexity index is 716. The minimum absolute atomic E-state index is 0.903. The van der Waals surface area contributed by atoms with Gasteiger partial charge in [0.25, 0.3) is 0 Å². The number of aryl methyl sites for hydroxylation is 2. The summed E-state index contributed by atoms with van der Waals surface area (Å²) in [6.07, 6.45) is 9.73. The van der Waals surface area contributed by atoms with Crippen LogP contribution in [0.15, 0.2) is 82.3 Å². The first-order chi connectivity index (χ1) is 12.7. The molecule has 2 aromatic rings. The third-order valence-electron chi connectivity index (χ3n) is 4.30. The van der Waals surface area contributed by atoms with Gasteiger partial charge in [-0.2, -0.15) is 0 Å². The van der Waals surface area contributed by atoms with Crippen molar-refractivity contribution in [2.24, 2.45) is 0 Å². The first-order valence-electron chi connectivity index (χ1n) is 9.49. The molecule has 0 saturated heterocycles. The average Bonchev–Trinajstić information content (AvgIpc) is 2.69. The van der Waals surface area contributed by atoms with Crippen LogP contribution in [0.4, 0.5) is 0 Å². The van der Waals surface area contributed by atoms with Crippen molar-refractivity contribution >= 4 is 23.4 Å². The second-order valence-corrected chi connectivity index (χ2v) is 7.96. The lowest BCUT2D eigenvalue weighted by atomic mass is 10.0. The first-order valence-corrected chi connectivity index (χ1v) is 10.9. The van der Waals surface area contributed by atoms with Crippen molar-refractivity contribution in [3.63, 3.8) is 0 Å². The molecule has 0 nitrogen and oxygen atoms in total. The minimum atomic E-state index is 0.903. The molecule has 2 rings (SSSR count). The Morgan fingerprint density at radius 1 is 1.00 bits per heavy atom. The molecule has 138 valence electrons. The van der Waals surface area contributed by atoms with Crippen LogP contribution >= 0.6 is 23.4 Å². The highest BCUT2D eigenvalue weighted by molar-refractivity contribution is 7.99. The van der Waals surface area contributed by atoms with Crippen molar-refractivity contribution in [2.75, 3.05) is 5.75 Å². The lowest BCUT2D eigenvalue weighted by molar-refractivity contribution is 0.914. The number of hydrogen-bond acceptors (Lipinski definition) is 1. The molecule has 0 amide bonds. The molecule has 0 unspecified atom stereocenters. The smallest absolute Gasteiger partial charge is 0.0392 e. The molecule has 0 aliphatic rings.